The summed E-state index contributed by atoms with van der Waals surface area (Å²) < 4.78 is 24.2. The largest absolute Gasteiger partial charge is 0.257 e. The number of nitrogens with two attached hydrogens (primary N) is 1. The van der Waals surface area contributed by atoms with Gasteiger partial charge in [-0.25, -0.2) is 18.2 Å². The van der Waals surface area contributed by atoms with Crippen LogP contribution in [0.2, 0.25) is 0 Å². The van der Waals surface area contributed by atoms with Gasteiger partial charge in [0, 0.05) is 6.07 Å². The summed E-state index contributed by atoms with van der Waals surface area (Å²) in [5, 5.41) is 8.94. The Balaban J connectivity index is 2.67. The maximum Gasteiger partial charge on any atom is 0.257 e. The van der Waals surface area contributed by atoms with Crippen molar-refractivity contribution in [3.05, 3.63) is 48.7 Å². The topological polar surface area (TPSA) is 78.0 Å². The summed E-state index contributed by atoms with van der Waals surface area (Å²) in [6.07, 6.45) is 0. The van der Waals surface area contributed by atoms with Gasteiger partial charge in [0.15, 0.2) is 5.03 Å². The lowest BCUT2D eigenvalue weighted by molar-refractivity contribution is 0.592. The third-order valence-electron chi connectivity index (χ3n) is 2.42. The van der Waals surface area contributed by atoms with Gasteiger partial charge in [-0.05, 0) is 24.6 Å². The van der Waals surface area contributed by atoms with Gasteiger partial charge in [0.25, 0.3) is 10.0 Å². The van der Waals surface area contributed by atoms with E-state index in [1.807, 2.05) is 30.3 Å². The lowest BCUT2D eigenvalue weighted by Gasteiger charge is -2.05. The van der Waals surface area contributed by atoms with Gasteiger partial charge in [0.2, 0.25) is 0 Å². The SMILES string of the molecule is C=C(C)c1cc(S(N)(=O)=O)nn1-c1ccccc1. The second kappa shape index (κ2) is 4.40. The predicted octanol–water partition coefficient (Wildman–Crippen LogP) is 1.55. The highest BCUT2D eigenvalue weighted by Gasteiger charge is 2.17. The molecule has 1 aromatic carbocycles. The van der Waals surface area contributed by atoms with Crippen molar-refractivity contribution in [3.8, 4) is 5.69 Å². The summed E-state index contributed by atoms with van der Waals surface area (Å²) in [5.41, 5.74) is 2.08. The normalized spacial score (nSPS) is 11.4. The fourth-order valence-corrected chi connectivity index (χ4v) is 2.04. The first-order valence-corrected chi connectivity index (χ1v) is 6.78. The Morgan fingerprint density at radius 1 is 1.33 bits per heavy atom. The molecule has 1 aromatic heterocycles. The summed E-state index contributed by atoms with van der Waals surface area (Å²) in [5.74, 6) is 0. The van der Waals surface area contributed by atoms with E-state index in [4.69, 9.17) is 5.14 Å². The average Bonchev–Trinajstić information content (AvgIpc) is 2.74. The molecule has 6 heteroatoms. The third-order valence-corrected chi connectivity index (χ3v) is 3.20. The molecule has 0 saturated heterocycles. The van der Waals surface area contributed by atoms with E-state index in [-0.39, 0.29) is 5.03 Å². The van der Waals surface area contributed by atoms with E-state index < -0.39 is 10.0 Å². The van der Waals surface area contributed by atoms with E-state index in [9.17, 15) is 8.42 Å². The molecule has 1 heterocycles. The molecule has 2 N–H and O–H groups in total. The van der Waals surface area contributed by atoms with Gasteiger partial charge >= 0.3 is 0 Å². The minimum atomic E-state index is -3.82. The van der Waals surface area contributed by atoms with Gasteiger partial charge in [0.05, 0.1) is 11.4 Å². The molecule has 0 unspecified atom stereocenters. The summed E-state index contributed by atoms with van der Waals surface area (Å²) >= 11 is 0. The number of sulfonamides is 1. The lowest BCUT2D eigenvalue weighted by Crippen LogP contribution is -2.13. The summed E-state index contributed by atoms with van der Waals surface area (Å²) in [4.78, 5) is 0. The summed E-state index contributed by atoms with van der Waals surface area (Å²) in [6.45, 7) is 5.59. The van der Waals surface area contributed by atoms with Crippen molar-refractivity contribution in [2.24, 2.45) is 5.14 Å². The van der Waals surface area contributed by atoms with Gasteiger partial charge in [-0.3, -0.25) is 0 Å². The number of benzene rings is 1. The van der Waals surface area contributed by atoms with Gasteiger partial charge in [-0.1, -0.05) is 24.8 Å². The Morgan fingerprint density at radius 2 is 1.94 bits per heavy atom. The second-order valence-corrected chi connectivity index (χ2v) is 5.45. The van der Waals surface area contributed by atoms with E-state index in [0.29, 0.717) is 11.3 Å². The summed E-state index contributed by atoms with van der Waals surface area (Å²) in [7, 11) is -3.82. The van der Waals surface area contributed by atoms with Crippen LogP contribution in [0.25, 0.3) is 11.3 Å². The van der Waals surface area contributed by atoms with Gasteiger partial charge < -0.3 is 0 Å². The zero-order valence-electron chi connectivity index (χ0n) is 9.87. The van der Waals surface area contributed by atoms with E-state index in [1.165, 1.54) is 10.7 Å². The average molecular weight is 263 g/mol. The second-order valence-electron chi connectivity index (χ2n) is 3.94. The van der Waals surface area contributed by atoms with Crippen molar-refractivity contribution < 1.29 is 8.42 Å². The molecule has 0 spiro atoms. The number of rotatable bonds is 3. The monoisotopic (exact) mass is 263 g/mol. The first kappa shape index (κ1) is 12.5. The zero-order valence-corrected chi connectivity index (χ0v) is 10.7. The van der Waals surface area contributed by atoms with Crippen LogP contribution in [0.5, 0.6) is 0 Å². The van der Waals surface area contributed by atoms with Crippen LogP contribution >= 0.6 is 0 Å². The highest BCUT2D eigenvalue weighted by atomic mass is 32.2. The quantitative estimate of drug-likeness (QED) is 0.912. The number of primary sulfonamides is 1. The van der Waals surface area contributed by atoms with E-state index in [2.05, 4.69) is 11.7 Å². The maximum absolute atomic E-state index is 11.3. The van der Waals surface area contributed by atoms with Crippen LogP contribution < -0.4 is 5.14 Å². The van der Waals surface area contributed by atoms with Gasteiger partial charge in [0.1, 0.15) is 0 Å². The summed E-state index contributed by atoms with van der Waals surface area (Å²) in [6, 6.07) is 10.6. The number of hydrogen-bond acceptors (Lipinski definition) is 3. The smallest absolute Gasteiger partial charge is 0.232 e. The minimum absolute atomic E-state index is 0.163. The molecule has 2 aromatic rings. The Morgan fingerprint density at radius 3 is 2.44 bits per heavy atom. The molecule has 0 atom stereocenters. The van der Waals surface area contributed by atoms with Crippen molar-refractivity contribution >= 4 is 15.6 Å². The molecule has 0 radical (unpaired) electrons. The molecular weight excluding hydrogens is 250 g/mol. The van der Waals surface area contributed by atoms with Crippen molar-refractivity contribution in [1.29, 1.82) is 0 Å². The molecule has 94 valence electrons. The minimum Gasteiger partial charge on any atom is -0.232 e. The van der Waals surface area contributed by atoms with Crippen molar-refractivity contribution in [2.45, 2.75) is 11.9 Å². The van der Waals surface area contributed by atoms with Crippen LogP contribution in [0.4, 0.5) is 0 Å². The lowest BCUT2D eigenvalue weighted by atomic mass is 10.2. The molecule has 2 rings (SSSR count). The molecule has 0 amide bonds. The molecule has 0 bridgehead atoms. The fourth-order valence-electron chi connectivity index (χ4n) is 1.57. The highest BCUT2D eigenvalue weighted by Crippen LogP contribution is 2.20. The van der Waals surface area contributed by atoms with Crippen LogP contribution in [0, 0.1) is 0 Å². The molecule has 0 fully saturated rings. The Hall–Kier alpha value is -1.92. The van der Waals surface area contributed by atoms with Crippen LogP contribution in [0.15, 0.2) is 48.0 Å². The van der Waals surface area contributed by atoms with E-state index in [0.717, 1.165) is 5.69 Å². The highest BCUT2D eigenvalue weighted by molar-refractivity contribution is 7.89. The number of nitrogens with zero attached hydrogens (tertiary/aromatic N) is 2. The molecule has 0 saturated carbocycles. The van der Waals surface area contributed by atoms with Gasteiger partial charge in [-0.2, -0.15) is 5.10 Å². The molecule has 0 aliphatic heterocycles. The standard InChI is InChI=1S/C12H13N3O2S/c1-9(2)11-8-12(18(13,16)17)14-15(11)10-6-4-3-5-7-10/h3-8H,1H2,2H3,(H2,13,16,17). The molecular formula is C12H13N3O2S. The number of allylic oxidation sites excluding steroid dienone is 1. The van der Waals surface area contributed by atoms with Crippen LogP contribution in [-0.4, -0.2) is 18.2 Å². The maximum atomic E-state index is 11.3. The van der Waals surface area contributed by atoms with Crippen LogP contribution in [0.3, 0.4) is 0 Å². The Bertz CT molecular complexity index is 687. The van der Waals surface area contributed by atoms with Crippen molar-refractivity contribution in [3.63, 3.8) is 0 Å². The zero-order chi connectivity index (χ0) is 13.3. The van der Waals surface area contributed by atoms with Crippen LogP contribution in [-0.2, 0) is 10.0 Å². The molecule has 0 aliphatic rings. The van der Waals surface area contributed by atoms with E-state index in [1.54, 1.807) is 6.92 Å². The first-order chi connectivity index (χ1) is 8.39. The number of para-hydroxylation sites is 1. The van der Waals surface area contributed by atoms with E-state index >= 15 is 0 Å². The van der Waals surface area contributed by atoms with Crippen molar-refractivity contribution in [1.82, 2.24) is 9.78 Å². The number of hydrogen-bond donors (Lipinski definition) is 1. The molecule has 0 aliphatic carbocycles. The first-order valence-electron chi connectivity index (χ1n) is 5.24. The van der Waals surface area contributed by atoms with Crippen LogP contribution in [0.1, 0.15) is 12.6 Å². The Kier molecular flexibility index (Phi) is 3.06. The number of aromatic nitrogens is 2. The molecule has 5 nitrogen and oxygen atoms in total. The fraction of sp³-hybridized carbons (Fsp3) is 0.0833. The van der Waals surface area contributed by atoms with Gasteiger partial charge in [-0.15, -0.1) is 0 Å². The van der Waals surface area contributed by atoms with Crippen molar-refractivity contribution in [2.75, 3.05) is 0 Å². The molecule has 18 heavy (non-hydrogen) atoms. The third kappa shape index (κ3) is 2.34. The predicted molar refractivity (Wildman–Crippen MR) is 69.6 cm³/mol. The Labute approximate surface area is 106 Å².